The average Bonchev–Trinajstić information content (AvgIpc) is 3.87. The maximum absolute atomic E-state index is 6.50. The van der Waals surface area contributed by atoms with Gasteiger partial charge in [-0.25, -0.2) is 0 Å². The minimum atomic E-state index is 0.827. The number of fused-ring (bicyclic) bond motifs is 5. The standard InChI is InChI=1S/C54H36N2O/c1-3-11-36(12-4-1)38-21-26-45(27-22-38)56(52-18-10-9-17-47(52)43-20-19-37-13-7-8-16-41(37)31-43)46-28-23-39(24-29-46)42-25-30-48-49-32-44-33-50(40-14-5-2-6-15-40)55-51(44)35-54(49)57-53(48)34-42/h1-32,34-35H,33H2. The summed E-state index contributed by atoms with van der Waals surface area (Å²) >= 11 is 0. The van der Waals surface area contributed by atoms with E-state index in [1.54, 1.807) is 0 Å². The molecule has 1 aromatic heterocycles. The van der Waals surface area contributed by atoms with Gasteiger partial charge < -0.3 is 9.32 Å². The molecule has 1 aliphatic rings. The number of furan rings is 1. The lowest BCUT2D eigenvalue weighted by atomic mass is 9.98. The van der Waals surface area contributed by atoms with Gasteiger partial charge in [0.25, 0.3) is 0 Å². The molecule has 0 bridgehead atoms. The highest BCUT2D eigenvalue weighted by molar-refractivity contribution is 6.11. The molecule has 3 nitrogen and oxygen atoms in total. The van der Waals surface area contributed by atoms with Gasteiger partial charge >= 0.3 is 0 Å². The number of nitrogens with zero attached hydrogens (tertiary/aromatic N) is 2. The van der Waals surface area contributed by atoms with Crippen LogP contribution in [0, 0.1) is 0 Å². The summed E-state index contributed by atoms with van der Waals surface area (Å²) in [4.78, 5) is 7.35. The van der Waals surface area contributed by atoms with Crippen LogP contribution in [0.4, 0.5) is 22.7 Å². The summed E-state index contributed by atoms with van der Waals surface area (Å²) in [6.07, 6.45) is 0.827. The summed E-state index contributed by atoms with van der Waals surface area (Å²) in [5.74, 6) is 0. The molecule has 0 N–H and O–H groups in total. The number of aliphatic imine (C=N–C) groups is 1. The van der Waals surface area contributed by atoms with Crippen molar-refractivity contribution in [2.75, 3.05) is 4.90 Å². The Bertz CT molecular complexity index is 3120. The highest BCUT2D eigenvalue weighted by atomic mass is 16.3. The van der Waals surface area contributed by atoms with E-state index in [1.807, 2.05) is 6.07 Å². The Kier molecular flexibility index (Phi) is 7.89. The molecule has 2 heterocycles. The number of hydrogen-bond donors (Lipinski definition) is 0. The van der Waals surface area contributed by atoms with Crippen molar-refractivity contribution in [3.8, 4) is 33.4 Å². The second-order valence-electron chi connectivity index (χ2n) is 14.8. The molecule has 10 aromatic rings. The minimum Gasteiger partial charge on any atom is -0.456 e. The van der Waals surface area contributed by atoms with Crippen molar-refractivity contribution >= 4 is 61.2 Å². The van der Waals surface area contributed by atoms with Crippen molar-refractivity contribution in [1.82, 2.24) is 0 Å². The van der Waals surface area contributed by atoms with E-state index in [1.165, 1.54) is 44.2 Å². The average molecular weight is 729 g/mol. The number of benzene rings is 9. The predicted octanol–water partition coefficient (Wildman–Crippen LogP) is 14.9. The molecule has 0 saturated heterocycles. The molecule has 0 amide bonds. The fraction of sp³-hybridized carbons (Fsp3) is 0.0185. The van der Waals surface area contributed by atoms with E-state index in [4.69, 9.17) is 9.41 Å². The van der Waals surface area contributed by atoms with E-state index >= 15 is 0 Å². The van der Waals surface area contributed by atoms with Gasteiger partial charge in [-0.05, 0) is 104 Å². The maximum Gasteiger partial charge on any atom is 0.137 e. The molecule has 0 unspecified atom stereocenters. The molecule has 1 aliphatic heterocycles. The zero-order valence-electron chi connectivity index (χ0n) is 31.1. The van der Waals surface area contributed by atoms with Gasteiger partial charge in [0, 0.05) is 40.2 Å². The molecule has 57 heavy (non-hydrogen) atoms. The Morgan fingerprint density at radius 2 is 0.982 bits per heavy atom. The predicted molar refractivity (Wildman–Crippen MR) is 239 cm³/mol. The third kappa shape index (κ3) is 5.98. The van der Waals surface area contributed by atoms with Crippen molar-refractivity contribution in [3.05, 3.63) is 217 Å². The number of anilines is 3. The van der Waals surface area contributed by atoms with Gasteiger partial charge in [0.15, 0.2) is 0 Å². The SMILES string of the molecule is c1ccc(C2=Nc3cc4oc5cc(-c6ccc(N(c7ccc(-c8ccccc8)cc7)c7ccccc7-c7ccc8ccccc8c7)cc6)ccc5c4cc3C2)cc1. The topological polar surface area (TPSA) is 28.7 Å². The van der Waals surface area contributed by atoms with E-state index in [0.717, 1.165) is 67.9 Å². The number of para-hydroxylation sites is 1. The Labute approximate surface area is 331 Å². The first-order valence-electron chi connectivity index (χ1n) is 19.5. The highest BCUT2D eigenvalue weighted by Gasteiger charge is 2.21. The van der Waals surface area contributed by atoms with E-state index < -0.39 is 0 Å². The number of hydrogen-bond acceptors (Lipinski definition) is 3. The lowest BCUT2D eigenvalue weighted by Gasteiger charge is -2.28. The van der Waals surface area contributed by atoms with Crippen LogP contribution in [0.25, 0.3) is 66.1 Å². The highest BCUT2D eigenvalue weighted by Crippen LogP contribution is 2.43. The molecule has 0 fully saturated rings. The fourth-order valence-corrected chi connectivity index (χ4v) is 8.38. The van der Waals surface area contributed by atoms with Crippen molar-refractivity contribution in [3.63, 3.8) is 0 Å². The Morgan fingerprint density at radius 1 is 0.404 bits per heavy atom. The monoisotopic (exact) mass is 728 g/mol. The van der Waals surface area contributed by atoms with Gasteiger partial charge in [-0.2, -0.15) is 0 Å². The molecule has 0 atom stereocenters. The van der Waals surface area contributed by atoms with Crippen LogP contribution in [0.5, 0.6) is 0 Å². The molecule has 9 aromatic carbocycles. The molecule has 3 heteroatoms. The zero-order chi connectivity index (χ0) is 37.7. The van der Waals surface area contributed by atoms with Gasteiger partial charge in [0.1, 0.15) is 11.2 Å². The summed E-state index contributed by atoms with van der Waals surface area (Å²) in [5.41, 5.74) is 16.5. The van der Waals surface area contributed by atoms with Crippen LogP contribution in [-0.2, 0) is 6.42 Å². The normalized spacial score (nSPS) is 12.2. The van der Waals surface area contributed by atoms with Gasteiger partial charge in [0.05, 0.1) is 17.1 Å². The van der Waals surface area contributed by atoms with Crippen LogP contribution < -0.4 is 4.90 Å². The summed E-state index contributed by atoms with van der Waals surface area (Å²) in [5, 5.41) is 4.72. The fourth-order valence-electron chi connectivity index (χ4n) is 8.38. The number of rotatable bonds is 7. The summed E-state index contributed by atoms with van der Waals surface area (Å²) in [6.45, 7) is 0. The van der Waals surface area contributed by atoms with Crippen LogP contribution in [0.2, 0.25) is 0 Å². The Morgan fingerprint density at radius 3 is 1.74 bits per heavy atom. The molecule has 268 valence electrons. The molecule has 0 spiro atoms. The molecule has 0 aliphatic carbocycles. The molecule has 11 rings (SSSR count). The summed E-state index contributed by atoms with van der Waals surface area (Å²) in [6, 6.07) is 73.7. The van der Waals surface area contributed by atoms with Crippen LogP contribution in [-0.4, -0.2) is 5.71 Å². The van der Waals surface area contributed by atoms with E-state index in [-0.39, 0.29) is 0 Å². The van der Waals surface area contributed by atoms with Crippen LogP contribution in [0.3, 0.4) is 0 Å². The van der Waals surface area contributed by atoms with E-state index in [9.17, 15) is 0 Å². The Balaban J connectivity index is 0.964. The smallest absolute Gasteiger partial charge is 0.137 e. The molecule has 0 radical (unpaired) electrons. The van der Waals surface area contributed by atoms with Crippen molar-refractivity contribution in [1.29, 1.82) is 0 Å². The second kappa shape index (κ2) is 13.7. The van der Waals surface area contributed by atoms with Gasteiger partial charge in [0.2, 0.25) is 0 Å². The van der Waals surface area contributed by atoms with E-state index in [2.05, 4.69) is 205 Å². The van der Waals surface area contributed by atoms with Crippen molar-refractivity contribution < 1.29 is 4.42 Å². The first-order valence-corrected chi connectivity index (χ1v) is 19.5. The van der Waals surface area contributed by atoms with Crippen molar-refractivity contribution in [2.24, 2.45) is 4.99 Å². The quantitative estimate of drug-likeness (QED) is 0.163. The largest absolute Gasteiger partial charge is 0.456 e. The molecular weight excluding hydrogens is 693 g/mol. The van der Waals surface area contributed by atoms with E-state index in [0.29, 0.717) is 0 Å². The van der Waals surface area contributed by atoms with Crippen LogP contribution in [0.1, 0.15) is 11.1 Å². The lowest BCUT2D eigenvalue weighted by Crippen LogP contribution is -2.11. The summed E-state index contributed by atoms with van der Waals surface area (Å²) in [7, 11) is 0. The third-order valence-electron chi connectivity index (χ3n) is 11.3. The zero-order valence-corrected chi connectivity index (χ0v) is 31.1. The van der Waals surface area contributed by atoms with Crippen molar-refractivity contribution in [2.45, 2.75) is 6.42 Å². The first-order chi connectivity index (χ1) is 28.2. The lowest BCUT2D eigenvalue weighted by molar-refractivity contribution is 0.669. The molecule has 0 saturated carbocycles. The van der Waals surface area contributed by atoms with Crippen LogP contribution >= 0.6 is 0 Å². The maximum atomic E-state index is 6.50. The molecular formula is C54H36N2O. The van der Waals surface area contributed by atoms with Gasteiger partial charge in [-0.15, -0.1) is 0 Å². The Hall–Kier alpha value is -7.49. The second-order valence-corrected chi connectivity index (χ2v) is 14.8. The third-order valence-corrected chi connectivity index (χ3v) is 11.3. The minimum absolute atomic E-state index is 0.827. The van der Waals surface area contributed by atoms with Gasteiger partial charge in [-0.3, -0.25) is 4.99 Å². The van der Waals surface area contributed by atoms with Gasteiger partial charge in [-0.1, -0.05) is 146 Å². The summed E-state index contributed by atoms with van der Waals surface area (Å²) < 4.78 is 6.50. The first kappa shape index (κ1) is 32.9. The van der Waals surface area contributed by atoms with Crippen LogP contribution in [0.15, 0.2) is 216 Å².